The van der Waals surface area contributed by atoms with Crippen LogP contribution in [0.1, 0.15) is 15.9 Å². The van der Waals surface area contributed by atoms with E-state index < -0.39 is 32.6 Å². The monoisotopic (exact) mass is 427 g/mol. The molecule has 29 heavy (non-hydrogen) atoms. The molecular weight excluding hydrogens is 407 g/mol. The van der Waals surface area contributed by atoms with Crippen molar-refractivity contribution in [1.82, 2.24) is 9.62 Å². The van der Waals surface area contributed by atoms with Crippen LogP contribution in [0.5, 0.6) is 0 Å². The van der Waals surface area contributed by atoms with E-state index in [1.54, 1.807) is 12.1 Å². The summed E-state index contributed by atoms with van der Waals surface area (Å²) >= 11 is 0. The van der Waals surface area contributed by atoms with Crippen LogP contribution in [0, 0.1) is 0 Å². The molecule has 1 N–H and O–H groups in total. The molecule has 0 aliphatic carbocycles. The molecule has 0 aromatic heterocycles. The van der Waals surface area contributed by atoms with Gasteiger partial charge in [-0.2, -0.15) is 13.2 Å². The summed E-state index contributed by atoms with van der Waals surface area (Å²) in [5.41, 5.74) is -0.0989. The molecule has 156 valence electrons. The molecule has 1 aliphatic heterocycles. The molecule has 0 radical (unpaired) electrons. The third-order valence-corrected chi connectivity index (χ3v) is 6.03. The summed E-state index contributed by atoms with van der Waals surface area (Å²) in [5, 5.41) is 0. The van der Waals surface area contributed by atoms with Crippen molar-refractivity contribution in [3.63, 3.8) is 0 Å². The molecule has 6 nitrogen and oxygen atoms in total. The van der Waals surface area contributed by atoms with Gasteiger partial charge in [0.15, 0.2) is 0 Å². The molecule has 1 heterocycles. The molecular formula is C19H20F3N3O3S. The van der Waals surface area contributed by atoms with Crippen LogP contribution < -0.4 is 9.62 Å². The van der Waals surface area contributed by atoms with Gasteiger partial charge in [-0.1, -0.05) is 6.07 Å². The fourth-order valence-electron chi connectivity index (χ4n) is 2.97. The van der Waals surface area contributed by atoms with Crippen molar-refractivity contribution in [3.8, 4) is 0 Å². The van der Waals surface area contributed by atoms with Gasteiger partial charge < -0.3 is 9.80 Å². The Bertz CT molecular complexity index is 984. The zero-order valence-corrected chi connectivity index (χ0v) is 16.4. The number of anilines is 1. The SMILES string of the molecule is CN1CCN(c2ccc(C(=O)NS(=O)(=O)c3cccc(C(F)(F)F)c3)cc2)CC1. The third kappa shape index (κ3) is 5.07. The normalized spacial score (nSPS) is 15.9. The Balaban J connectivity index is 1.72. The van der Waals surface area contributed by atoms with Crippen molar-refractivity contribution in [1.29, 1.82) is 0 Å². The van der Waals surface area contributed by atoms with Gasteiger partial charge in [0.05, 0.1) is 10.5 Å². The molecule has 1 aliphatic rings. The van der Waals surface area contributed by atoms with Crippen molar-refractivity contribution >= 4 is 21.6 Å². The van der Waals surface area contributed by atoms with Crippen LogP contribution >= 0.6 is 0 Å². The number of rotatable bonds is 4. The van der Waals surface area contributed by atoms with Gasteiger partial charge in [0.25, 0.3) is 15.9 Å². The number of hydrogen-bond acceptors (Lipinski definition) is 5. The van der Waals surface area contributed by atoms with Crippen molar-refractivity contribution in [2.24, 2.45) is 0 Å². The number of carbonyl (C=O) groups is 1. The number of halogens is 3. The molecule has 0 unspecified atom stereocenters. The first-order valence-electron chi connectivity index (χ1n) is 8.84. The second-order valence-corrected chi connectivity index (χ2v) is 8.48. The number of alkyl halides is 3. The van der Waals surface area contributed by atoms with Crippen LogP contribution in [0.3, 0.4) is 0 Å². The lowest BCUT2D eigenvalue weighted by atomic mass is 10.1. The number of carbonyl (C=O) groups excluding carboxylic acids is 1. The van der Waals surface area contributed by atoms with E-state index in [4.69, 9.17) is 0 Å². The number of nitrogens with one attached hydrogen (secondary N) is 1. The van der Waals surface area contributed by atoms with E-state index in [0.29, 0.717) is 6.07 Å². The number of likely N-dealkylation sites (N-methyl/N-ethyl adjacent to an activating group) is 1. The van der Waals surface area contributed by atoms with Crippen molar-refractivity contribution < 1.29 is 26.4 Å². The summed E-state index contributed by atoms with van der Waals surface area (Å²) in [6, 6.07) is 9.65. The summed E-state index contributed by atoms with van der Waals surface area (Å²) in [4.78, 5) is 16.0. The van der Waals surface area contributed by atoms with Crippen molar-refractivity contribution in [2.45, 2.75) is 11.1 Å². The van der Waals surface area contributed by atoms with Gasteiger partial charge in [0.1, 0.15) is 0 Å². The molecule has 10 heteroatoms. The molecule has 0 spiro atoms. The average Bonchev–Trinajstić information content (AvgIpc) is 2.68. The standard InChI is InChI=1S/C19H20F3N3O3S/c1-24-9-11-25(12-10-24)16-7-5-14(6-8-16)18(26)23-29(27,28)17-4-2-3-15(13-17)19(20,21)22/h2-8,13H,9-12H2,1H3,(H,23,26). The van der Waals surface area contributed by atoms with Gasteiger partial charge in [0, 0.05) is 37.4 Å². The van der Waals surface area contributed by atoms with Crippen LogP contribution in [0.25, 0.3) is 0 Å². The van der Waals surface area contributed by atoms with E-state index in [2.05, 4.69) is 9.80 Å². The Labute approximate surface area is 167 Å². The Hall–Kier alpha value is -2.59. The number of sulfonamides is 1. The Morgan fingerprint density at radius 1 is 1.00 bits per heavy atom. The first-order chi connectivity index (χ1) is 13.6. The Morgan fingerprint density at radius 2 is 1.62 bits per heavy atom. The first-order valence-corrected chi connectivity index (χ1v) is 10.3. The maximum Gasteiger partial charge on any atom is 0.416 e. The number of amides is 1. The maximum atomic E-state index is 12.8. The summed E-state index contributed by atoms with van der Waals surface area (Å²) in [6.07, 6.45) is -4.69. The highest BCUT2D eigenvalue weighted by molar-refractivity contribution is 7.90. The van der Waals surface area contributed by atoms with E-state index >= 15 is 0 Å². The van der Waals surface area contributed by atoms with E-state index in [9.17, 15) is 26.4 Å². The predicted octanol–water partition coefficient (Wildman–Crippen LogP) is 2.58. The van der Waals surface area contributed by atoms with Gasteiger partial charge in [-0.05, 0) is 49.5 Å². The van der Waals surface area contributed by atoms with Gasteiger partial charge in [-0.25, -0.2) is 13.1 Å². The van der Waals surface area contributed by atoms with Crippen molar-refractivity contribution in [2.75, 3.05) is 38.1 Å². The zero-order valence-electron chi connectivity index (χ0n) is 15.6. The fraction of sp³-hybridized carbons (Fsp3) is 0.316. The minimum Gasteiger partial charge on any atom is -0.369 e. The lowest BCUT2D eigenvalue weighted by Crippen LogP contribution is -2.44. The lowest BCUT2D eigenvalue weighted by molar-refractivity contribution is -0.137. The molecule has 2 aromatic carbocycles. The number of hydrogen-bond donors (Lipinski definition) is 1. The summed E-state index contributed by atoms with van der Waals surface area (Å²) in [5.74, 6) is -0.910. The van der Waals surface area contributed by atoms with Gasteiger partial charge in [-0.15, -0.1) is 0 Å². The predicted molar refractivity (Wildman–Crippen MR) is 102 cm³/mol. The highest BCUT2D eigenvalue weighted by Crippen LogP contribution is 2.30. The van der Waals surface area contributed by atoms with Crippen LogP contribution in [0.15, 0.2) is 53.4 Å². The largest absolute Gasteiger partial charge is 0.416 e. The summed E-state index contributed by atoms with van der Waals surface area (Å²) in [7, 11) is -2.41. The molecule has 1 amide bonds. The van der Waals surface area contributed by atoms with Crippen LogP contribution in [-0.4, -0.2) is 52.5 Å². The lowest BCUT2D eigenvalue weighted by Gasteiger charge is -2.34. The van der Waals surface area contributed by atoms with E-state index in [1.807, 2.05) is 11.8 Å². The second-order valence-electron chi connectivity index (χ2n) is 6.80. The summed E-state index contributed by atoms with van der Waals surface area (Å²) < 4.78 is 64.9. The van der Waals surface area contributed by atoms with Gasteiger partial charge in [-0.3, -0.25) is 4.79 Å². The summed E-state index contributed by atoms with van der Waals surface area (Å²) in [6.45, 7) is 3.51. The molecule has 1 saturated heterocycles. The number of piperazine rings is 1. The molecule has 0 bridgehead atoms. The van der Waals surface area contributed by atoms with Crippen molar-refractivity contribution in [3.05, 3.63) is 59.7 Å². The average molecular weight is 427 g/mol. The van der Waals surface area contributed by atoms with Crippen LogP contribution in [0.2, 0.25) is 0 Å². The third-order valence-electron chi connectivity index (χ3n) is 4.70. The van der Waals surface area contributed by atoms with Crippen LogP contribution in [-0.2, 0) is 16.2 Å². The number of nitrogens with zero attached hydrogens (tertiary/aromatic N) is 2. The molecule has 3 rings (SSSR count). The highest BCUT2D eigenvalue weighted by atomic mass is 32.2. The van der Waals surface area contributed by atoms with E-state index in [1.165, 1.54) is 12.1 Å². The fourth-order valence-corrected chi connectivity index (χ4v) is 3.99. The maximum absolute atomic E-state index is 12.8. The Morgan fingerprint density at radius 3 is 2.21 bits per heavy atom. The van der Waals surface area contributed by atoms with Gasteiger partial charge >= 0.3 is 6.18 Å². The van der Waals surface area contributed by atoms with E-state index in [0.717, 1.165) is 50.1 Å². The minimum absolute atomic E-state index is 0.0958. The van der Waals surface area contributed by atoms with E-state index in [-0.39, 0.29) is 5.56 Å². The highest BCUT2D eigenvalue weighted by Gasteiger charge is 2.32. The van der Waals surface area contributed by atoms with Gasteiger partial charge in [0.2, 0.25) is 0 Å². The first kappa shape index (κ1) is 21.1. The zero-order chi connectivity index (χ0) is 21.2. The number of benzene rings is 2. The topological polar surface area (TPSA) is 69.7 Å². The minimum atomic E-state index is -4.69. The molecule has 0 saturated carbocycles. The van der Waals surface area contributed by atoms with Crippen LogP contribution in [0.4, 0.5) is 18.9 Å². The molecule has 0 atom stereocenters. The smallest absolute Gasteiger partial charge is 0.369 e. The second kappa shape index (κ2) is 8.03. The molecule has 1 fully saturated rings. The quantitative estimate of drug-likeness (QED) is 0.812. The molecule has 2 aromatic rings. The Kier molecular flexibility index (Phi) is 5.85.